The van der Waals surface area contributed by atoms with E-state index in [2.05, 4.69) is 52.1 Å². The van der Waals surface area contributed by atoms with E-state index in [0.29, 0.717) is 41.3 Å². The molecular weight excluding hydrogens is 422 g/mol. The molecule has 0 amide bonds. The number of hydrogen-bond donors (Lipinski definition) is 3. The van der Waals surface area contributed by atoms with Crippen molar-refractivity contribution in [2.75, 3.05) is 6.54 Å². The number of rotatable bonds is 6. The van der Waals surface area contributed by atoms with Crippen LogP contribution in [0.5, 0.6) is 5.75 Å². The molecule has 0 aliphatic heterocycles. The monoisotopic (exact) mass is 467 g/mol. The molecule has 4 N–H and O–H groups in total. The minimum Gasteiger partial charge on any atom is -0.425 e. The molecule has 3 aliphatic carbocycles. The third-order valence-electron chi connectivity index (χ3n) is 9.78. The van der Waals surface area contributed by atoms with E-state index < -0.39 is 6.04 Å². The summed E-state index contributed by atoms with van der Waals surface area (Å²) < 4.78 is 5.79. The van der Waals surface area contributed by atoms with Gasteiger partial charge in [0.15, 0.2) is 0 Å². The second kappa shape index (κ2) is 8.96. The smallest absolute Gasteiger partial charge is 0.328 e. The number of amidine groups is 1. The first kappa shape index (κ1) is 25.2. The van der Waals surface area contributed by atoms with Gasteiger partial charge in [-0.25, -0.2) is 4.79 Å². The second-order valence-corrected chi connectivity index (χ2v) is 12.6. The quantitative estimate of drug-likeness (QED) is 0.166. The van der Waals surface area contributed by atoms with E-state index in [4.69, 9.17) is 15.9 Å². The lowest BCUT2D eigenvalue weighted by Crippen LogP contribution is -2.55. The lowest BCUT2D eigenvalue weighted by atomic mass is 9.43. The Morgan fingerprint density at radius 2 is 1.94 bits per heavy atom. The molecule has 3 aliphatic rings. The fraction of sp³-hybridized carbons (Fsp3) is 0.724. The molecule has 5 atom stereocenters. The van der Waals surface area contributed by atoms with Crippen LogP contribution < -0.4 is 15.8 Å². The SMILES string of the molecule is CC(=N)NCCCC(N)C(=O)Oc1cc(C)c2c(c1)C[C@H]1[C@@]2(C)CCC2C(C)(C)CCC[C@@]21C. The van der Waals surface area contributed by atoms with E-state index in [1.807, 2.05) is 0 Å². The van der Waals surface area contributed by atoms with Crippen molar-refractivity contribution in [1.82, 2.24) is 5.32 Å². The summed E-state index contributed by atoms with van der Waals surface area (Å²) in [4.78, 5) is 12.7. The molecule has 2 saturated carbocycles. The number of benzene rings is 1. The lowest BCUT2D eigenvalue weighted by Gasteiger charge is -2.61. The first-order valence-electron chi connectivity index (χ1n) is 13.3. The molecule has 0 heterocycles. The van der Waals surface area contributed by atoms with Gasteiger partial charge in [-0.05, 0) is 116 Å². The van der Waals surface area contributed by atoms with Gasteiger partial charge < -0.3 is 15.8 Å². The number of nitrogens with one attached hydrogen (secondary N) is 2. The Morgan fingerprint density at radius 3 is 2.65 bits per heavy atom. The van der Waals surface area contributed by atoms with Gasteiger partial charge in [0.25, 0.3) is 0 Å². The number of ether oxygens (including phenoxy) is 1. The summed E-state index contributed by atoms with van der Waals surface area (Å²) in [5.74, 6) is 2.12. The maximum atomic E-state index is 12.7. The summed E-state index contributed by atoms with van der Waals surface area (Å²) in [6, 6.07) is 3.53. The Bertz CT molecular complexity index is 970. The van der Waals surface area contributed by atoms with Gasteiger partial charge in [0.1, 0.15) is 11.8 Å². The molecule has 5 nitrogen and oxygen atoms in total. The second-order valence-electron chi connectivity index (χ2n) is 12.6. The number of carbonyl (C=O) groups is 1. The van der Waals surface area contributed by atoms with Gasteiger partial charge in [-0.15, -0.1) is 0 Å². The zero-order valence-electron chi connectivity index (χ0n) is 22.1. The molecule has 0 bridgehead atoms. The van der Waals surface area contributed by atoms with Crippen molar-refractivity contribution in [2.24, 2.45) is 28.4 Å². The number of hydrogen-bond acceptors (Lipinski definition) is 4. The molecule has 0 spiro atoms. The zero-order valence-corrected chi connectivity index (χ0v) is 22.1. The van der Waals surface area contributed by atoms with E-state index in [0.717, 1.165) is 18.8 Å². The highest BCUT2D eigenvalue weighted by atomic mass is 16.5. The van der Waals surface area contributed by atoms with Crippen LogP contribution in [-0.2, 0) is 16.6 Å². The maximum Gasteiger partial charge on any atom is 0.328 e. The molecule has 1 aromatic rings. The van der Waals surface area contributed by atoms with Gasteiger partial charge in [-0.1, -0.05) is 34.1 Å². The van der Waals surface area contributed by atoms with E-state index in [-0.39, 0.29) is 11.4 Å². The lowest BCUT2D eigenvalue weighted by molar-refractivity contribution is -0.136. The molecular formula is C29H45N3O2. The molecule has 1 aromatic carbocycles. The molecule has 0 saturated heterocycles. The van der Waals surface area contributed by atoms with Crippen molar-refractivity contribution in [3.05, 3.63) is 28.8 Å². The summed E-state index contributed by atoms with van der Waals surface area (Å²) in [7, 11) is 0. The highest BCUT2D eigenvalue weighted by Gasteiger charge is 2.61. The molecule has 0 aromatic heterocycles. The average molecular weight is 468 g/mol. The van der Waals surface area contributed by atoms with Crippen LogP contribution in [0.2, 0.25) is 0 Å². The fourth-order valence-corrected chi connectivity index (χ4v) is 8.40. The Labute approximate surface area is 206 Å². The molecule has 4 rings (SSSR count). The Hall–Kier alpha value is -1.88. The normalized spacial score (nSPS) is 32.2. The van der Waals surface area contributed by atoms with Gasteiger partial charge >= 0.3 is 5.97 Å². The van der Waals surface area contributed by atoms with Crippen molar-refractivity contribution >= 4 is 11.8 Å². The Morgan fingerprint density at radius 1 is 1.21 bits per heavy atom. The van der Waals surface area contributed by atoms with E-state index in [1.54, 1.807) is 6.92 Å². The van der Waals surface area contributed by atoms with Crippen LogP contribution in [0, 0.1) is 35.0 Å². The molecule has 2 fully saturated rings. The third-order valence-corrected chi connectivity index (χ3v) is 9.78. The van der Waals surface area contributed by atoms with Crippen LogP contribution in [0.15, 0.2) is 12.1 Å². The minimum absolute atomic E-state index is 0.205. The van der Waals surface area contributed by atoms with Crippen LogP contribution >= 0.6 is 0 Å². The van der Waals surface area contributed by atoms with E-state index >= 15 is 0 Å². The van der Waals surface area contributed by atoms with Crippen LogP contribution in [0.3, 0.4) is 0 Å². The fourth-order valence-electron chi connectivity index (χ4n) is 8.40. The largest absolute Gasteiger partial charge is 0.425 e. The summed E-state index contributed by atoms with van der Waals surface area (Å²) in [6.45, 7) is 14.6. The number of nitrogens with two attached hydrogens (primary N) is 1. The minimum atomic E-state index is -0.648. The highest BCUT2D eigenvalue weighted by Crippen LogP contribution is 2.67. The highest BCUT2D eigenvalue weighted by molar-refractivity contribution is 5.78. The van der Waals surface area contributed by atoms with E-state index in [9.17, 15) is 4.79 Å². The Kier molecular flexibility index (Phi) is 6.65. The number of esters is 1. The number of aryl methyl sites for hydroxylation is 1. The summed E-state index contributed by atoms with van der Waals surface area (Å²) >= 11 is 0. The maximum absolute atomic E-state index is 12.7. The van der Waals surface area contributed by atoms with Gasteiger partial charge in [0.2, 0.25) is 0 Å². The van der Waals surface area contributed by atoms with Crippen LogP contribution in [0.1, 0.15) is 96.3 Å². The van der Waals surface area contributed by atoms with Crippen molar-refractivity contribution in [1.29, 1.82) is 5.41 Å². The summed E-state index contributed by atoms with van der Waals surface area (Å²) in [5.41, 5.74) is 11.2. The predicted molar refractivity (Wildman–Crippen MR) is 138 cm³/mol. The molecule has 0 radical (unpaired) electrons. The van der Waals surface area contributed by atoms with Gasteiger partial charge in [0.05, 0.1) is 5.84 Å². The van der Waals surface area contributed by atoms with Crippen molar-refractivity contribution < 1.29 is 9.53 Å². The van der Waals surface area contributed by atoms with Gasteiger partial charge in [-0.2, -0.15) is 0 Å². The first-order valence-corrected chi connectivity index (χ1v) is 13.3. The summed E-state index contributed by atoms with van der Waals surface area (Å²) in [6.07, 6.45) is 8.93. The van der Waals surface area contributed by atoms with Gasteiger partial charge in [-0.3, -0.25) is 5.41 Å². The van der Waals surface area contributed by atoms with Gasteiger partial charge in [0, 0.05) is 6.54 Å². The van der Waals surface area contributed by atoms with Crippen molar-refractivity contribution in [2.45, 2.75) is 104 Å². The van der Waals surface area contributed by atoms with Crippen molar-refractivity contribution in [3.8, 4) is 5.75 Å². The molecule has 2 unspecified atom stereocenters. The molecule has 34 heavy (non-hydrogen) atoms. The summed E-state index contributed by atoms with van der Waals surface area (Å²) in [5, 5.41) is 10.4. The Balaban J connectivity index is 1.51. The third kappa shape index (κ3) is 4.29. The zero-order chi connectivity index (χ0) is 24.9. The van der Waals surface area contributed by atoms with Crippen LogP contribution in [-0.4, -0.2) is 24.4 Å². The average Bonchev–Trinajstić information content (AvgIpc) is 3.04. The van der Waals surface area contributed by atoms with Crippen molar-refractivity contribution in [3.63, 3.8) is 0 Å². The molecule has 5 heteroatoms. The van der Waals surface area contributed by atoms with Crippen LogP contribution in [0.25, 0.3) is 0 Å². The van der Waals surface area contributed by atoms with E-state index in [1.165, 1.54) is 48.8 Å². The van der Waals surface area contributed by atoms with Crippen LogP contribution in [0.4, 0.5) is 0 Å². The number of carbonyl (C=O) groups excluding carboxylic acids is 1. The topological polar surface area (TPSA) is 88.2 Å². The molecule has 188 valence electrons. The first-order chi connectivity index (χ1) is 15.9. The predicted octanol–water partition coefficient (Wildman–Crippen LogP) is 5.65. The standard InChI is InChI=1S/C29H45N3O2/c1-18-15-21(34-26(33)22(31)9-7-14-32-19(2)30)16-20-17-24-28(5)12-8-11-27(3,4)23(28)10-13-29(24,6)25(18)20/h15-16,22-24H,7-14,17,31H2,1-6H3,(H2,30,32)/t22?,23?,24-,28+,29-/m1/s1. The number of fused-ring (bicyclic) bond motifs is 5.